The number of fused-ring (bicyclic) bond motifs is 1. The van der Waals surface area contributed by atoms with Crippen LogP contribution in [-0.4, -0.2) is 61.5 Å². The average Bonchev–Trinajstić information content (AvgIpc) is 3.41. The van der Waals surface area contributed by atoms with Gasteiger partial charge in [0.2, 0.25) is 0 Å². The number of hydrogen-bond acceptors (Lipinski definition) is 6. The Morgan fingerprint density at radius 3 is 2.69 bits per heavy atom. The van der Waals surface area contributed by atoms with E-state index in [2.05, 4.69) is 36.4 Å². The highest BCUT2D eigenvalue weighted by Crippen LogP contribution is 2.28. The van der Waals surface area contributed by atoms with E-state index in [0.29, 0.717) is 18.9 Å². The zero-order valence-corrected chi connectivity index (χ0v) is 17.1. The summed E-state index contributed by atoms with van der Waals surface area (Å²) >= 11 is 3.50. The van der Waals surface area contributed by atoms with Crippen LogP contribution in [0, 0.1) is 0 Å². The van der Waals surface area contributed by atoms with Crippen LogP contribution in [0.3, 0.4) is 0 Å². The van der Waals surface area contributed by atoms with Crippen molar-refractivity contribution in [2.45, 2.75) is 6.23 Å². The normalized spacial score (nSPS) is 16.3. The van der Waals surface area contributed by atoms with Gasteiger partial charge in [-0.25, -0.2) is 4.68 Å². The molecule has 0 spiro atoms. The maximum atomic E-state index is 10.6. The van der Waals surface area contributed by atoms with Gasteiger partial charge < -0.3 is 9.84 Å². The van der Waals surface area contributed by atoms with Crippen LogP contribution in [0.5, 0.6) is 0 Å². The fraction of sp³-hybridized carbons (Fsp3) is 0.250. The van der Waals surface area contributed by atoms with E-state index in [1.165, 1.54) is 0 Å². The lowest BCUT2D eigenvalue weighted by molar-refractivity contribution is -0.0603. The second kappa shape index (κ2) is 7.68. The lowest BCUT2D eigenvalue weighted by Crippen LogP contribution is -2.39. The monoisotopic (exact) mass is 454 g/mol. The molecular formula is C20H19BrN6O2. The van der Waals surface area contributed by atoms with E-state index in [-0.39, 0.29) is 0 Å². The maximum Gasteiger partial charge on any atom is 0.134 e. The van der Waals surface area contributed by atoms with Crippen LogP contribution in [-0.2, 0) is 4.74 Å². The number of morpholine rings is 1. The minimum absolute atomic E-state index is 0.631. The van der Waals surface area contributed by atoms with E-state index in [1.807, 2.05) is 53.6 Å². The molecule has 29 heavy (non-hydrogen) atoms. The zero-order chi connectivity index (χ0) is 19.8. The molecule has 8 nitrogen and oxygen atoms in total. The first-order valence-corrected chi connectivity index (χ1v) is 10.1. The Bertz CT molecular complexity index is 1130. The van der Waals surface area contributed by atoms with Crippen LogP contribution in [0.1, 0.15) is 11.8 Å². The molecule has 1 saturated heterocycles. The summed E-state index contributed by atoms with van der Waals surface area (Å²) in [5.41, 5.74) is 4.10. The number of halogens is 1. The number of aliphatic hydroxyl groups is 1. The van der Waals surface area contributed by atoms with Crippen molar-refractivity contribution in [3.8, 4) is 17.1 Å². The van der Waals surface area contributed by atoms with Gasteiger partial charge in [-0.15, -0.1) is 5.10 Å². The molecule has 4 aromatic rings. The molecule has 0 amide bonds. The van der Waals surface area contributed by atoms with Crippen molar-refractivity contribution >= 4 is 26.8 Å². The van der Waals surface area contributed by atoms with Crippen LogP contribution in [0.15, 0.2) is 53.1 Å². The first kappa shape index (κ1) is 18.4. The van der Waals surface area contributed by atoms with Crippen molar-refractivity contribution in [3.05, 3.63) is 58.7 Å². The Balaban J connectivity index is 1.39. The van der Waals surface area contributed by atoms with Crippen molar-refractivity contribution in [2.24, 2.45) is 0 Å². The SMILES string of the molecule is OC(c1ccc(-n2cc(-c3n[nH]c4ccc(Br)cc34)nn2)cc1)N1CCOCC1. The van der Waals surface area contributed by atoms with Crippen LogP contribution < -0.4 is 0 Å². The fourth-order valence-corrected chi connectivity index (χ4v) is 3.87. The molecular weight excluding hydrogens is 436 g/mol. The van der Waals surface area contributed by atoms with Crippen LogP contribution >= 0.6 is 15.9 Å². The zero-order valence-electron chi connectivity index (χ0n) is 15.5. The van der Waals surface area contributed by atoms with Gasteiger partial charge in [0.05, 0.1) is 30.6 Å². The summed E-state index contributed by atoms with van der Waals surface area (Å²) in [7, 11) is 0. The molecule has 1 fully saturated rings. The molecule has 0 bridgehead atoms. The van der Waals surface area contributed by atoms with E-state index in [0.717, 1.165) is 45.4 Å². The van der Waals surface area contributed by atoms with Crippen molar-refractivity contribution in [1.82, 2.24) is 30.1 Å². The molecule has 3 heterocycles. The molecule has 0 aliphatic carbocycles. The number of ether oxygens (including phenoxy) is 1. The standard InChI is InChI=1S/C20H19BrN6O2/c21-14-3-6-17-16(11-14)19(24-22-17)18-12-27(25-23-18)15-4-1-13(2-5-15)20(28)26-7-9-29-10-8-26/h1-6,11-12,20,28H,7-10H2,(H,22,24). The molecule has 0 radical (unpaired) electrons. The molecule has 0 saturated carbocycles. The second-order valence-corrected chi connectivity index (χ2v) is 7.84. The number of nitrogens with one attached hydrogen (secondary N) is 1. The molecule has 9 heteroatoms. The van der Waals surface area contributed by atoms with E-state index >= 15 is 0 Å². The number of rotatable bonds is 4. The molecule has 2 aromatic carbocycles. The summed E-state index contributed by atoms with van der Waals surface area (Å²) in [5, 5.41) is 27.5. The lowest BCUT2D eigenvalue weighted by Gasteiger charge is -2.31. The minimum atomic E-state index is -0.631. The Morgan fingerprint density at radius 1 is 1.10 bits per heavy atom. The lowest BCUT2D eigenvalue weighted by atomic mass is 10.1. The molecule has 1 unspecified atom stereocenters. The largest absolute Gasteiger partial charge is 0.379 e. The van der Waals surface area contributed by atoms with E-state index < -0.39 is 6.23 Å². The van der Waals surface area contributed by atoms with E-state index in [1.54, 1.807) is 4.68 Å². The molecule has 2 aromatic heterocycles. The number of H-pyrrole nitrogens is 1. The summed E-state index contributed by atoms with van der Waals surface area (Å²) < 4.78 is 8.04. The quantitative estimate of drug-likeness (QED) is 0.492. The first-order chi connectivity index (χ1) is 14.2. The van der Waals surface area contributed by atoms with Gasteiger partial charge in [-0.05, 0) is 35.9 Å². The molecule has 1 atom stereocenters. The highest BCUT2D eigenvalue weighted by Gasteiger charge is 2.20. The number of aromatic nitrogens is 5. The summed E-state index contributed by atoms with van der Waals surface area (Å²) in [6.45, 7) is 2.75. The summed E-state index contributed by atoms with van der Waals surface area (Å²) in [6, 6.07) is 13.6. The Labute approximate surface area is 175 Å². The summed E-state index contributed by atoms with van der Waals surface area (Å²) in [5.74, 6) is 0. The molecule has 2 N–H and O–H groups in total. The minimum Gasteiger partial charge on any atom is -0.379 e. The third-order valence-electron chi connectivity index (χ3n) is 5.11. The van der Waals surface area contributed by atoms with Gasteiger partial charge in [0.15, 0.2) is 0 Å². The molecule has 1 aliphatic heterocycles. The van der Waals surface area contributed by atoms with Crippen LogP contribution in [0.4, 0.5) is 0 Å². The fourth-order valence-electron chi connectivity index (χ4n) is 3.51. The van der Waals surface area contributed by atoms with Crippen LogP contribution in [0.2, 0.25) is 0 Å². The number of hydrogen-bond donors (Lipinski definition) is 2. The van der Waals surface area contributed by atoms with Crippen molar-refractivity contribution < 1.29 is 9.84 Å². The van der Waals surface area contributed by atoms with Gasteiger partial charge in [-0.1, -0.05) is 33.3 Å². The first-order valence-electron chi connectivity index (χ1n) is 9.35. The highest BCUT2D eigenvalue weighted by atomic mass is 79.9. The van der Waals surface area contributed by atoms with Gasteiger partial charge in [-0.3, -0.25) is 10.00 Å². The van der Waals surface area contributed by atoms with Gasteiger partial charge in [0.1, 0.15) is 17.6 Å². The Hall–Kier alpha value is -2.59. The van der Waals surface area contributed by atoms with Gasteiger partial charge in [-0.2, -0.15) is 5.10 Å². The number of benzene rings is 2. The van der Waals surface area contributed by atoms with Gasteiger partial charge >= 0.3 is 0 Å². The van der Waals surface area contributed by atoms with Crippen molar-refractivity contribution in [1.29, 1.82) is 0 Å². The summed E-state index contributed by atoms with van der Waals surface area (Å²) in [6.07, 6.45) is 1.22. The number of nitrogens with zero attached hydrogens (tertiary/aromatic N) is 5. The average molecular weight is 455 g/mol. The van der Waals surface area contributed by atoms with Crippen molar-refractivity contribution in [2.75, 3.05) is 26.3 Å². The number of aliphatic hydroxyl groups excluding tert-OH is 1. The third kappa shape index (κ3) is 3.58. The van der Waals surface area contributed by atoms with Gasteiger partial charge in [0, 0.05) is 22.9 Å². The number of aromatic amines is 1. The second-order valence-electron chi connectivity index (χ2n) is 6.92. The van der Waals surface area contributed by atoms with E-state index in [4.69, 9.17) is 4.74 Å². The predicted molar refractivity (Wildman–Crippen MR) is 111 cm³/mol. The van der Waals surface area contributed by atoms with Crippen molar-refractivity contribution in [3.63, 3.8) is 0 Å². The van der Waals surface area contributed by atoms with Crippen LogP contribution in [0.25, 0.3) is 28.0 Å². The predicted octanol–water partition coefficient (Wildman–Crippen LogP) is 2.90. The maximum absolute atomic E-state index is 10.6. The molecule has 1 aliphatic rings. The Kier molecular flexibility index (Phi) is 4.88. The topological polar surface area (TPSA) is 92.1 Å². The van der Waals surface area contributed by atoms with E-state index in [9.17, 15) is 5.11 Å². The van der Waals surface area contributed by atoms with Gasteiger partial charge in [0.25, 0.3) is 0 Å². The Morgan fingerprint density at radius 2 is 1.90 bits per heavy atom. The highest BCUT2D eigenvalue weighted by molar-refractivity contribution is 9.10. The molecule has 5 rings (SSSR count). The summed E-state index contributed by atoms with van der Waals surface area (Å²) in [4.78, 5) is 2.01. The third-order valence-corrected chi connectivity index (χ3v) is 5.60. The molecule has 148 valence electrons. The smallest absolute Gasteiger partial charge is 0.134 e.